The fourth-order valence-corrected chi connectivity index (χ4v) is 3.83. The van der Waals surface area contributed by atoms with E-state index >= 15 is 0 Å². The maximum absolute atomic E-state index is 10.7. The molecule has 0 saturated carbocycles. The molecule has 0 aliphatic carbocycles. The molecule has 0 atom stereocenters. The second-order valence-corrected chi connectivity index (χ2v) is 7.19. The molecule has 1 aromatic carbocycles. The molecule has 0 spiro atoms. The fraction of sp³-hybridized carbons (Fsp3) is 0.550. The zero-order chi connectivity index (χ0) is 19.1. The number of benzene rings is 1. The molecular weight excluding hydrogens is 342 g/mol. The fourth-order valence-electron chi connectivity index (χ4n) is 3.83. The number of hydrogen-bond donors (Lipinski definition) is 2. The van der Waals surface area contributed by atoms with Gasteiger partial charge in [0, 0.05) is 31.7 Å². The number of nitrogens with one attached hydrogen (secondary N) is 1. The monoisotopic (exact) mass is 369 g/mol. The van der Waals surface area contributed by atoms with E-state index in [2.05, 4.69) is 20.1 Å². The normalized spacial score (nSPS) is 19.4. The molecule has 0 radical (unpaired) electrons. The van der Waals surface area contributed by atoms with Crippen LogP contribution in [-0.4, -0.2) is 54.7 Å². The Hall–Kier alpha value is -2.59. The summed E-state index contributed by atoms with van der Waals surface area (Å²) < 4.78 is 0. The third-order valence-electron chi connectivity index (χ3n) is 5.41. The number of aliphatic carboxylic acids is 1. The number of carbonyl (C=O) groups is 1. The minimum Gasteiger partial charge on any atom is -0.481 e. The Morgan fingerprint density at radius 1 is 1.26 bits per heavy atom. The number of piperidine rings is 1. The molecule has 27 heavy (non-hydrogen) atoms. The molecule has 0 bridgehead atoms. The number of carboxylic acids is 1. The topological polar surface area (TPSA) is 92.0 Å². The molecule has 2 N–H and O–H groups in total. The van der Waals surface area contributed by atoms with Crippen molar-refractivity contribution >= 4 is 17.6 Å². The molecule has 7 nitrogen and oxygen atoms in total. The van der Waals surface area contributed by atoms with Crippen molar-refractivity contribution in [3.63, 3.8) is 0 Å². The lowest BCUT2D eigenvalue weighted by molar-refractivity contribution is -0.136. The summed E-state index contributed by atoms with van der Waals surface area (Å²) in [5.41, 5.74) is 1.99. The van der Waals surface area contributed by atoms with Gasteiger partial charge in [0.1, 0.15) is 0 Å². The maximum Gasteiger partial charge on any atom is 0.303 e. The Morgan fingerprint density at radius 3 is 2.67 bits per heavy atom. The van der Waals surface area contributed by atoms with Crippen molar-refractivity contribution in [1.29, 1.82) is 5.26 Å². The minimum absolute atomic E-state index is 0.134. The summed E-state index contributed by atoms with van der Waals surface area (Å²) in [5, 5.41) is 21.3. The molecule has 1 aromatic rings. The van der Waals surface area contributed by atoms with E-state index in [0.29, 0.717) is 6.42 Å². The first-order valence-electron chi connectivity index (χ1n) is 9.68. The quantitative estimate of drug-likeness (QED) is 0.715. The highest BCUT2D eigenvalue weighted by Crippen LogP contribution is 2.23. The Morgan fingerprint density at radius 2 is 2.00 bits per heavy atom. The second kappa shape index (κ2) is 9.38. The summed E-state index contributed by atoms with van der Waals surface area (Å²) in [7, 11) is 0. The summed E-state index contributed by atoms with van der Waals surface area (Å²) in [6, 6.07) is 7.89. The van der Waals surface area contributed by atoms with Crippen LogP contribution in [0.2, 0.25) is 0 Å². The molecule has 2 heterocycles. The number of aryl methyl sites for hydroxylation is 1. The number of carboxylic acid groups (broad SMARTS) is 1. The molecule has 7 heteroatoms. The van der Waals surface area contributed by atoms with Gasteiger partial charge in [-0.1, -0.05) is 12.1 Å². The third-order valence-corrected chi connectivity index (χ3v) is 5.41. The van der Waals surface area contributed by atoms with Gasteiger partial charge < -0.3 is 20.2 Å². The van der Waals surface area contributed by atoms with Crippen molar-refractivity contribution in [2.75, 3.05) is 37.6 Å². The van der Waals surface area contributed by atoms with E-state index in [1.165, 1.54) is 12.8 Å². The van der Waals surface area contributed by atoms with E-state index in [9.17, 15) is 4.79 Å². The molecule has 0 unspecified atom stereocenters. The van der Waals surface area contributed by atoms with Crippen LogP contribution in [0.5, 0.6) is 0 Å². The first kappa shape index (κ1) is 19.2. The number of aliphatic imine (C=N–C) groups is 1. The van der Waals surface area contributed by atoms with Crippen molar-refractivity contribution in [3.05, 3.63) is 29.8 Å². The van der Waals surface area contributed by atoms with Crippen LogP contribution in [0, 0.1) is 17.4 Å². The average molecular weight is 369 g/mol. The predicted octanol–water partition coefficient (Wildman–Crippen LogP) is 2.05. The van der Waals surface area contributed by atoms with E-state index in [0.717, 1.165) is 62.3 Å². The SMILES string of the molecule is N#C/N=C1\N(CCC2CCNCC2)CCN1c1ccc(CCC(=O)O)cc1. The van der Waals surface area contributed by atoms with E-state index in [1.54, 1.807) is 0 Å². The molecular formula is C20H27N5O2. The number of nitriles is 1. The van der Waals surface area contributed by atoms with E-state index in [1.807, 2.05) is 30.5 Å². The zero-order valence-corrected chi connectivity index (χ0v) is 15.6. The van der Waals surface area contributed by atoms with Gasteiger partial charge >= 0.3 is 5.97 Å². The van der Waals surface area contributed by atoms with Crippen LogP contribution in [-0.2, 0) is 11.2 Å². The highest BCUT2D eigenvalue weighted by atomic mass is 16.4. The molecule has 0 amide bonds. The van der Waals surface area contributed by atoms with Crippen LogP contribution in [0.25, 0.3) is 0 Å². The Labute approximate surface area is 160 Å². The molecule has 0 aromatic heterocycles. The lowest BCUT2D eigenvalue weighted by atomic mass is 9.94. The van der Waals surface area contributed by atoms with Gasteiger partial charge in [-0.05, 0) is 62.4 Å². The second-order valence-electron chi connectivity index (χ2n) is 7.19. The predicted molar refractivity (Wildman–Crippen MR) is 105 cm³/mol. The average Bonchev–Trinajstić information content (AvgIpc) is 3.09. The van der Waals surface area contributed by atoms with Crippen LogP contribution in [0.3, 0.4) is 0 Å². The van der Waals surface area contributed by atoms with Crippen LogP contribution >= 0.6 is 0 Å². The maximum atomic E-state index is 10.7. The molecule has 2 saturated heterocycles. The van der Waals surface area contributed by atoms with Crippen molar-refractivity contribution in [3.8, 4) is 6.19 Å². The standard InChI is InChI=1S/C20H27N5O2/c21-15-23-20-24(12-9-17-7-10-22-11-8-17)13-14-25(20)18-4-1-16(2-5-18)3-6-19(26)27/h1-2,4-5,17,22H,3,6-14H2,(H,26,27)/b23-20+. The highest BCUT2D eigenvalue weighted by molar-refractivity contribution is 5.98. The van der Waals surface area contributed by atoms with Crippen molar-refractivity contribution in [2.24, 2.45) is 10.9 Å². The van der Waals surface area contributed by atoms with E-state index < -0.39 is 5.97 Å². The summed E-state index contributed by atoms with van der Waals surface area (Å²) in [6.45, 7) is 4.81. The first-order chi connectivity index (χ1) is 13.2. The van der Waals surface area contributed by atoms with Gasteiger partial charge in [-0.2, -0.15) is 5.26 Å². The van der Waals surface area contributed by atoms with Crippen molar-refractivity contribution in [2.45, 2.75) is 32.1 Å². The highest BCUT2D eigenvalue weighted by Gasteiger charge is 2.28. The van der Waals surface area contributed by atoms with Crippen LogP contribution in [0.1, 0.15) is 31.2 Å². The molecule has 3 rings (SSSR count). The lowest BCUT2D eigenvalue weighted by Gasteiger charge is -2.26. The number of rotatable bonds is 7. The number of hydrogen-bond acceptors (Lipinski definition) is 4. The number of anilines is 1. The minimum atomic E-state index is -0.786. The summed E-state index contributed by atoms with van der Waals surface area (Å²) in [4.78, 5) is 19.1. The van der Waals surface area contributed by atoms with Gasteiger partial charge in [0.05, 0.1) is 0 Å². The lowest BCUT2D eigenvalue weighted by Crippen LogP contribution is -2.36. The van der Waals surface area contributed by atoms with Crippen LogP contribution in [0.15, 0.2) is 29.3 Å². The van der Waals surface area contributed by atoms with Gasteiger partial charge in [0.15, 0.2) is 0 Å². The summed E-state index contributed by atoms with van der Waals surface area (Å²) in [6.07, 6.45) is 6.19. The molecule has 2 aliphatic rings. The van der Waals surface area contributed by atoms with Crippen molar-refractivity contribution in [1.82, 2.24) is 10.2 Å². The molecule has 2 fully saturated rings. The van der Waals surface area contributed by atoms with Gasteiger partial charge in [0.2, 0.25) is 12.2 Å². The first-order valence-corrected chi connectivity index (χ1v) is 9.68. The zero-order valence-electron chi connectivity index (χ0n) is 15.6. The molecule has 2 aliphatic heterocycles. The van der Waals surface area contributed by atoms with Gasteiger partial charge in [0.25, 0.3) is 0 Å². The van der Waals surface area contributed by atoms with Crippen LogP contribution < -0.4 is 10.2 Å². The summed E-state index contributed by atoms with van der Waals surface area (Å²) >= 11 is 0. The van der Waals surface area contributed by atoms with Gasteiger partial charge in [-0.25, -0.2) is 0 Å². The summed E-state index contributed by atoms with van der Waals surface area (Å²) in [5.74, 6) is 0.688. The number of nitrogens with zero attached hydrogens (tertiary/aromatic N) is 4. The largest absolute Gasteiger partial charge is 0.481 e. The number of guanidine groups is 1. The Bertz CT molecular complexity index is 704. The van der Waals surface area contributed by atoms with Gasteiger partial charge in [-0.3, -0.25) is 4.79 Å². The Kier molecular flexibility index (Phi) is 6.66. The van der Waals surface area contributed by atoms with E-state index in [-0.39, 0.29) is 6.42 Å². The van der Waals surface area contributed by atoms with Crippen molar-refractivity contribution < 1.29 is 9.90 Å². The Balaban J connectivity index is 1.62. The van der Waals surface area contributed by atoms with Gasteiger partial charge in [-0.15, -0.1) is 4.99 Å². The van der Waals surface area contributed by atoms with Crippen LogP contribution in [0.4, 0.5) is 5.69 Å². The third kappa shape index (κ3) is 5.20. The van der Waals surface area contributed by atoms with E-state index in [4.69, 9.17) is 10.4 Å². The molecule has 144 valence electrons. The smallest absolute Gasteiger partial charge is 0.303 e.